The summed E-state index contributed by atoms with van der Waals surface area (Å²) in [6.45, 7) is 0. The summed E-state index contributed by atoms with van der Waals surface area (Å²) in [5, 5.41) is 3.65. The van der Waals surface area contributed by atoms with Gasteiger partial charge in [-0.3, -0.25) is 9.59 Å². The van der Waals surface area contributed by atoms with Crippen LogP contribution in [0.4, 0.5) is 11.4 Å². The van der Waals surface area contributed by atoms with Crippen LogP contribution < -0.4 is 19.7 Å². The van der Waals surface area contributed by atoms with E-state index in [2.05, 4.69) is 5.32 Å². The van der Waals surface area contributed by atoms with Gasteiger partial charge in [0.15, 0.2) is 0 Å². The maximum atomic E-state index is 13.4. The van der Waals surface area contributed by atoms with Crippen LogP contribution in [0.3, 0.4) is 0 Å². The molecule has 1 aliphatic heterocycles. The number of rotatable bonds is 6. The van der Waals surface area contributed by atoms with Crippen LogP contribution in [0.2, 0.25) is 5.02 Å². The molecule has 156 valence electrons. The van der Waals surface area contributed by atoms with Gasteiger partial charge in [0.1, 0.15) is 17.2 Å². The van der Waals surface area contributed by atoms with E-state index in [0.717, 1.165) is 4.90 Å². The quantitative estimate of drug-likeness (QED) is 0.567. The Hall–Kier alpha value is -3.77. The number of benzene rings is 3. The number of carbonyl (C=O) groups excluding carboxylic acids is 2. The summed E-state index contributed by atoms with van der Waals surface area (Å²) in [7, 11) is 3.13. The van der Waals surface area contributed by atoms with E-state index in [1.165, 1.54) is 0 Å². The Balaban J connectivity index is 1.77. The van der Waals surface area contributed by atoms with Gasteiger partial charge in [0.05, 0.1) is 25.5 Å². The summed E-state index contributed by atoms with van der Waals surface area (Å²) in [6.07, 6.45) is 0. The number of ether oxygens (including phenoxy) is 2. The summed E-state index contributed by atoms with van der Waals surface area (Å²) in [4.78, 5) is 27.9. The number of carbonyl (C=O) groups is 2. The molecule has 0 fully saturated rings. The minimum Gasteiger partial charge on any atom is -0.497 e. The van der Waals surface area contributed by atoms with Crippen molar-refractivity contribution in [3.63, 3.8) is 0 Å². The van der Waals surface area contributed by atoms with Crippen LogP contribution in [0.1, 0.15) is 5.56 Å². The predicted molar refractivity (Wildman–Crippen MR) is 120 cm³/mol. The number of imide groups is 1. The number of amides is 2. The Morgan fingerprint density at radius 2 is 1.29 bits per heavy atom. The highest BCUT2D eigenvalue weighted by molar-refractivity contribution is 6.46. The lowest BCUT2D eigenvalue weighted by Crippen LogP contribution is -2.32. The Kier molecular flexibility index (Phi) is 5.64. The third kappa shape index (κ3) is 3.98. The molecule has 0 saturated heterocycles. The zero-order chi connectivity index (χ0) is 22.0. The maximum Gasteiger partial charge on any atom is 0.282 e. The second kappa shape index (κ2) is 8.53. The summed E-state index contributed by atoms with van der Waals surface area (Å²) in [5.74, 6) is 0.445. The van der Waals surface area contributed by atoms with Crippen LogP contribution in [0.15, 0.2) is 78.5 Å². The molecular weight excluding hydrogens is 416 g/mol. The fraction of sp³-hybridized carbons (Fsp3) is 0.0833. The molecule has 1 aliphatic rings. The SMILES string of the molecule is COc1ccc(NC2=C(c3ccc(Cl)cc3)C(=O)N(c3ccc(OC)cc3)C2=O)cc1. The first-order chi connectivity index (χ1) is 15.0. The van der Waals surface area contributed by atoms with Gasteiger partial charge in [0.2, 0.25) is 0 Å². The first-order valence-electron chi connectivity index (χ1n) is 9.46. The topological polar surface area (TPSA) is 67.9 Å². The Morgan fingerprint density at radius 3 is 1.84 bits per heavy atom. The van der Waals surface area contributed by atoms with Gasteiger partial charge in [-0.2, -0.15) is 0 Å². The second-order valence-electron chi connectivity index (χ2n) is 6.75. The van der Waals surface area contributed by atoms with Crippen molar-refractivity contribution in [2.75, 3.05) is 24.4 Å². The number of halogens is 1. The van der Waals surface area contributed by atoms with Gasteiger partial charge >= 0.3 is 0 Å². The first kappa shape index (κ1) is 20.5. The van der Waals surface area contributed by atoms with Crippen LogP contribution in [-0.4, -0.2) is 26.0 Å². The Labute approximate surface area is 184 Å². The Morgan fingerprint density at radius 1 is 0.742 bits per heavy atom. The molecule has 0 saturated carbocycles. The minimum absolute atomic E-state index is 0.188. The largest absolute Gasteiger partial charge is 0.497 e. The number of methoxy groups -OCH3 is 2. The molecule has 0 atom stereocenters. The van der Waals surface area contributed by atoms with Crippen LogP contribution in [-0.2, 0) is 9.59 Å². The summed E-state index contributed by atoms with van der Waals surface area (Å²) in [6, 6.07) is 20.6. The lowest BCUT2D eigenvalue weighted by Gasteiger charge is -2.16. The van der Waals surface area contributed by atoms with E-state index in [4.69, 9.17) is 21.1 Å². The molecule has 1 N–H and O–H groups in total. The van der Waals surface area contributed by atoms with E-state index >= 15 is 0 Å². The molecule has 0 bridgehead atoms. The summed E-state index contributed by atoms with van der Waals surface area (Å²) >= 11 is 6.01. The molecule has 6 nitrogen and oxygen atoms in total. The van der Waals surface area contributed by atoms with Gasteiger partial charge in [-0.1, -0.05) is 23.7 Å². The van der Waals surface area contributed by atoms with Crippen molar-refractivity contribution in [3.05, 3.63) is 89.1 Å². The zero-order valence-electron chi connectivity index (χ0n) is 16.9. The summed E-state index contributed by atoms with van der Waals surface area (Å²) < 4.78 is 10.4. The maximum absolute atomic E-state index is 13.4. The molecule has 3 aromatic rings. The van der Waals surface area contributed by atoms with Gasteiger partial charge in [-0.05, 0) is 66.2 Å². The van der Waals surface area contributed by atoms with Crippen LogP contribution in [0.25, 0.3) is 5.57 Å². The molecule has 7 heteroatoms. The number of nitrogens with zero attached hydrogens (tertiary/aromatic N) is 1. The molecule has 2 amide bonds. The normalized spacial score (nSPS) is 13.6. The number of hydrogen-bond acceptors (Lipinski definition) is 5. The lowest BCUT2D eigenvalue weighted by atomic mass is 10.0. The highest BCUT2D eigenvalue weighted by atomic mass is 35.5. The molecular formula is C24H19ClN2O4. The van der Waals surface area contributed by atoms with Gasteiger partial charge in [0.25, 0.3) is 11.8 Å². The van der Waals surface area contributed by atoms with Crippen molar-refractivity contribution in [1.82, 2.24) is 0 Å². The monoisotopic (exact) mass is 434 g/mol. The van der Waals surface area contributed by atoms with Crippen molar-refractivity contribution >= 4 is 40.4 Å². The fourth-order valence-electron chi connectivity index (χ4n) is 3.31. The smallest absolute Gasteiger partial charge is 0.282 e. The molecule has 3 aromatic carbocycles. The predicted octanol–water partition coefficient (Wildman–Crippen LogP) is 4.75. The molecule has 0 spiro atoms. The van der Waals surface area contributed by atoms with E-state index in [9.17, 15) is 9.59 Å². The van der Waals surface area contributed by atoms with E-state index < -0.39 is 11.8 Å². The minimum atomic E-state index is -0.448. The summed E-state index contributed by atoms with van der Waals surface area (Å²) in [5.41, 5.74) is 2.16. The average Bonchev–Trinajstić information content (AvgIpc) is 3.04. The van der Waals surface area contributed by atoms with Gasteiger partial charge in [-0.25, -0.2) is 4.90 Å². The average molecular weight is 435 g/mol. The van der Waals surface area contributed by atoms with E-state index in [1.807, 2.05) is 0 Å². The number of anilines is 2. The lowest BCUT2D eigenvalue weighted by molar-refractivity contribution is -0.120. The highest BCUT2D eigenvalue weighted by Gasteiger charge is 2.40. The van der Waals surface area contributed by atoms with Gasteiger partial charge < -0.3 is 14.8 Å². The van der Waals surface area contributed by atoms with Crippen molar-refractivity contribution in [1.29, 1.82) is 0 Å². The molecule has 0 aromatic heterocycles. The van der Waals surface area contributed by atoms with E-state index in [-0.39, 0.29) is 11.3 Å². The molecule has 1 heterocycles. The van der Waals surface area contributed by atoms with Gasteiger partial charge in [0, 0.05) is 10.7 Å². The molecule has 4 rings (SSSR count). The Bertz CT molecular complexity index is 1150. The van der Waals surface area contributed by atoms with E-state index in [1.54, 1.807) is 87.0 Å². The van der Waals surface area contributed by atoms with Crippen molar-refractivity contribution in [3.8, 4) is 11.5 Å². The first-order valence-corrected chi connectivity index (χ1v) is 9.83. The molecule has 0 aliphatic carbocycles. The van der Waals surface area contributed by atoms with Crippen molar-refractivity contribution < 1.29 is 19.1 Å². The van der Waals surface area contributed by atoms with Crippen molar-refractivity contribution in [2.24, 2.45) is 0 Å². The van der Waals surface area contributed by atoms with E-state index in [0.29, 0.717) is 33.5 Å². The standard InChI is InChI=1S/C24H19ClN2O4/c1-30-19-11-7-17(8-12-19)26-22-21(15-3-5-16(25)6-4-15)23(28)27(24(22)29)18-9-13-20(31-2)14-10-18/h3-14,26H,1-2H3. The third-order valence-electron chi connectivity index (χ3n) is 4.91. The van der Waals surface area contributed by atoms with Crippen LogP contribution in [0.5, 0.6) is 11.5 Å². The van der Waals surface area contributed by atoms with Crippen molar-refractivity contribution in [2.45, 2.75) is 0 Å². The number of hydrogen-bond donors (Lipinski definition) is 1. The second-order valence-corrected chi connectivity index (χ2v) is 7.19. The van der Waals surface area contributed by atoms with Gasteiger partial charge in [-0.15, -0.1) is 0 Å². The fourth-order valence-corrected chi connectivity index (χ4v) is 3.44. The highest BCUT2D eigenvalue weighted by Crippen LogP contribution is 2.35. The molecule has 0 radical (unpaired) electrons. The molecule has 31 heavy (non-hydrogen) atoms. The third-order valence-corrected chi connectivity index (χ3v) is 5.16. The zero-order valence-corrected chi connectivity index (χ0v) is 17.6. The number of nitrogens with one attached hydrogen (secondary N) is 1. The molecule has 0 unspecified atom stereocenters. The van der Waals surface area contributed by atoms with Crippen LogP contribution in [0, 0.1) is 0 Å². The van der Waals surface area contributed by atoms with Crippen LogP contribution >= 0.6 is 11.6 Å².